The van der Waals surface area contributed by atoms with E-state index in [0.717, 1.165) is 5.56 Å². The third-order valence-electron chi connectivity index (χ3n) is 4.72. The van der Waals surface area contributed by atoms with Crippen LogP contribution in [0.3, 0.4) is 0 Å². The fraction of sp³-hybridized carbons (Fsp3) is 0.294. The molecule has 0 saturated heterocycles. The minimum atomic E-state index is -3.79. The first kappa shape index (κ1) is 18.5. The van der Waals surface area contributed by atoms with Crippen LogP contribution in [0.5, 0.6) is 0 Å². The van der Waals surface area contributed by atoms with Gasteiger partial charge in [-0.1, -0.05) is 6.07 Å². The first-order valence-corrected chi connectivity index (χ1v) is 10.1. The summed E-state index contributed by atoms with van der Waals surface area (Å²) >= 11 is 0. The van der Waals surface area contributed by atoms with Crippen LogP contribution in [0.25, 0.3) is 17.1 Å². The number of benzene rings is 1. The number of nitrogens with one attached hydrogen (secondary N) is 1. The lowest BCUT2D eigenvalue weighted by Gasteiger charge is -2.16. The lowest BCUT2D eigenvalue weighted by Crippen LogP contribution is -2.39. The molecule has 0 radical (unpaired) electrons. The average Bonchev–Trinajstić information content (AvgIpc) is 3.22. The Bertz CT molecular complexity index is 1130. The molecule has 28 heavy (non-hydrogen) atoms. The molecule has 1 saturated carbocycles. The highest BCUT2D eigenvalue weighted by Gasteiger charge is 2.45. The molecule has 146 valence electrons. The van der Waals surface area contributed by atoms with Crippen molar-refractivity contribution >= 4 is 15.8 Å². The lowest BCUT2D eigenvalue weighted by atomic mass is 10.1. The molecule has 2 aromatic heterocycles. The summed E-state index contributed by atoms with van der Waals surface area (Å²) in [7, 11) is -3.79. The summed E-state index contributed by atoms with van der Waals surface area (Å²) < 4.78 is 29.5. The normalized spacial score (nSPS) is 15.5. The van der Waals surface area contributed by atoms with E-state index < -0.39 is 15.6 Å². The highest BCUT2D eigenvalue weighted by molar-refractivity contribution is 7.89. The summed E-state index contributed by atoms with van der Waals surface area (Å²) in [5.41, 5.74) is 7.03. The fourth-order valence-corrected chi connectivity index (χ4v) is 4.31. The Morgan fingerprint density at radius 3 is 2.79 bits per heavy atom. The Morgan fingerprint density at radius 2 is 2.14 bits per heavy atom. The second-order valence-corrected chi connectivity index (χ2v) is 8.51. The van der Waals surface area contributed by atoms with Gasteiger partial charge in [-0.25, -0.2) is 28.1 Å². The molecule has 4 rings (SSSR count). The van der Waals surface area contributed by atoms with E-state index in [1.54, 1.807) is 6.07 Å². The SMILES string of the molecule is Cc1ccc(S(=O)(=O)NC2(CO)CC2)cc1-c1cnc(N)c(-n2cncn2)n1. The van der Waals surface area contributed by atoms with Gasteiger partial charge in [-0.15, -0.1) is 0 Å². The monoisotopic (exact) mass is 401 g/mol. The van der Waals surface area contributed by atoms with E-state index >= 15 is 0 Å². The molecule has 4 N–H and O–H groups in total. The molecule has 0 aliphatic heterocycles. The van der Waals surface area contributed by atoms with E-state index in [1.165, 1.54) is 35.7 Å². The summed E-state index contributed by atoms with van der Waals surface area (Å²) in [5.74, 6) is 0.481. The zero-order valence-corrected chi connectivity index (χ0v) is 15.9. The number of nitrogens with two attached hydrogens (primary N) is 1. The quantitative estimate of drug-likeness (QED) is 0.538. The highest BCUT2D eigenvalue weighted by atomic mass is 32.2. The number of rotatable bonds is 6. The number of aryl methyl sites for hydroxylation is 1. The van der Waals surface area contributed by atoms with Crippen molar-refractivity contribution in [3.8, 4) is 17.1 Å². The third-order valence-corrected chi connectivity index (χ3v) is 6.30. The predicted molar refractivity (Wildman–Crippen MR) is 101 cm³/mol. The van der Waals surface area contributed by atoms with E-state index in [9.17, 15) is 13.5 Å². The van der Waals surface area contributed by atoms with Crippen LogP contribution in [0.4, 0.5) is 5.82 Å². The maximum Gasteiger partial charge on any atom is 0.241 e. The van der Waals surface area contributed by atoms with E-state index in [4.69, 9.17) is 5.73 Å². The van der Waals surface area contributed by atoms with Crippen molar-refractivity contribution in [1.82, 2.24) is 29.5 Å². The van der Waals surface area contributed by atoms with Gasteiger partial charge in [0.2, 0.25) is 10.0 Å². The van der Waals surface area contributed by atoms with Gasteiger partial charge in [-0.2, -0.15) is 9.78 Å². The number of hydrogen-bond acceptors (Lipinski definition) is 8. The van der Waals surface area contributed by atoms with Crippen LogP contribution in [-0.2, 0) is 10.0 Å². The van der Waals surface area contributed by atoms with Gasteiger partial charge in [0.1, 0.15) is 12.7 Å². The van der Waals surface area contributed by atoms with Gasteiger partial charge >= 0.3 is 0 Å². The standard InChI is InChI=1S/C17H19N7O3S/c1-11-2-3-12(28(26,27)23-17(8-25)4-5-17)6-13(11)14-7-20-15(18)16(22-14)24-10-19-9-21-24/h2-3,6-7,9-10,23,25H,4-5,8H2,1H3,(H2,18,20). The van der Waals surface area contributed by atoms with Gasteiger partial charge < -0.3 is 10.8 Å². The van der Waals surface area contributed by atoms with Gasteiger partial charge in [-0.3, -0.25) is 0 Å². The molecule has 1 aromatic carbocycles. The number of hydrogen-bond donors (Lipinski definition) is 3. The minimum absolute atomic E-state index is 0.0914. The van der Waals surface area contributed by atoms with Gasteiger partial charge in [0.25, 0.3) is 0 Å². The van der Waals surface area contributed by atoms with Gasteiger partial charge in [0.05, 0.1) is 28.9 Å². The van der Waals surface area contributed by atoms with Crippen molar-refractivity contribution in [3.63, 3.8) is 0 Å². The molecule has 1 fully saturated rings. The molecule has 2 heterocycles. The average molecular weight is 401 g/mol. The van der Waals surface area contributed by atoms with Crippen LogP contribution in [0.1, 0.15) is 18.4 Å². The highest BCUT2D eigenvalue weighted by Crippen LogP contribution is 2.36. The number of anilines is 1. The topological polar surface area (TPSA) is 149 Å². The second kappa shape index (κ2) is 6.62. The van der Waals surface area contributed by atoms with Crippen LogP contribution in [0.2, 0.25) is 0 Å². The largest absolute Gasteiger partial charge is 0.394 e. The summed E-state index contributed by atoms with van der Waals surface area (Å²) in [4.78, 5) is 12.6. The summed E-state index contributed by atoms with van der Waals surface area (Å²) in [5, 5.41) is 13.4. The Balaban J connectivity index is 1.75. The van der Waals surface area contributed by atoms with Crippen molar-refractivity contribution in [3.05, 3.63) is 42.6 Å². The zero-order chi connectivity index (χ0) is 19.9. The Hall–Kier alpha value is -2.89. The Labute approximate surface area is 161 Å². The molecule has 3 aromatic rings. The number of aliphatic hydroxyl groups excluding tert-OH is 1. The maximum absolute atomic E-state index is 12.7. The van der Waals surface area contributed by atoms with Crippen molar-refractivity contribution in [2.75, 3.05) is 12.3 Å². The maximum atomic E-state index is 12.7. The number of nitrogens with zero attached hydrogens (tertiary/aromatic N) is 5. The Morgan fingerprint density at radius 1 is 1.36 bits per heavy atom. The molecule has 0 unspecified atom stereocenters. The zero-order valence-electron chi connectivity index (χ0n) is 15.1. The number of aromatic nitrogens is 5. The molecule has 1 aliphatic carbocycles. The van der Waals surface area contributed by atoms with E-state index in [2.05, 4.69) is 24.8 Å². The summed E-state index contributed by atoms with van der Waals surface area (Å²) in [6, 6.07) is 4.77. The van der Waals surface area contributed by atoms with Crippen molar-refractivity contribution in [2.45, 2.75) is 30.2 Å². The number of nitrogen functional groups attached to an aromatic ring is 1. The van der Waals surface area contributed by atoms with E-state index in [1.807, 2.05) is 6.92 Å². The molecule has 0 bridgehead atoms. The molecule has 0 spiro atoms. The van der Waals surface area contributed by atoms with Crippen LogP contribution in [0, 0.1) is 6.92 Å². The molecule has 0 amide bonds. The van der Waals surface area contributed by atoms with Crippen molar-refractivity contribution in [2.24, 2.45) is 0 Å². The Kier molecular flexibility index (Phi) is 4.37. The lowest BCUT2D eigenvalue weighted by molar-refractivity contribution is 0.246. The van der Waals surface area contributed by atoms with Gasteiger partial charge in [0.15, 0.2) is 11.6 Å². The first-order valence-electron chi connectivity index (χ1n) is 8.57. The van der Waals surface area contributed by atoms with Crippen LogP contribution in [-0.4, -0.2) is 50.4 Å². The molecule has 11 heteroatoms. The second-order valence-electron chi connectivity index (χ2n) is 6.82. The van der Waals surface area contributed by atoms with Crippen LogP contribution in [0.15, 0.2) is 41.9 Å². The predicted octanol–water partition coefficient (Wildman–Crippen LogP) is 0.418. The van der Waals surface area contributed by atoms with Gasteiger partial charge in [0, 0.05) is 5.56 Å². The van der Waals surface area contributed by atoms with Gasteiger partial charge in [-0.05, 0) is 37.5 Å². The molecular formula is C17H19N7O3S. The smallest absolute Gasteiger partial charge is 0.241 e. The summed E-state index contributed by atoms with van der Waals surface area (Å²) in [6.45, 7) is 1.62. The molecule has 0 atom stereocenters. The third kappa shape index (κ3) is 3.35. The van der Waals surface area contributed by atoms with Crippen LogP contribution >= 0.6 is 0 Å². The molecule has 1 aliphatic rings. The number of sulfonamides is 1. The van der Waals surface area contributed by atoms with E-state index in [-0.39, 0.29) is 17.3 Å². The van der Waals surface area contributed by atoms with E-state index in [0.29, 0.717) is 29.9 Å². The number of aliphatic hydroxyl groups is 1. The van der Waals surface area contributed by atoms with Crippen molar-refractivity contribution < 1.29 is 13.5 Å². The first-order chi connectivity index (χ1) is 13.3. The minimum Gasteiger partial charge on any atom is -0.394 e. The molecular weight excluding hydrogens is 382 g/mol. The van der Waals surface area contributed by atoms with Crippen LogP contribution < -0.4 is 10.5 Å². The fourth-order valence-electron chi connectivity index (χ4n) is 2.84. The molecule has 10 nitrogen and oxygen atoms in total. The summed E-state index contributed by atoms with van der Waals surface area (Å²) in [6.07, 6.45) is 5.52. The van der Waals surface area contributed by atoms with Crippen molar-refractivity contribution in [1.29, 1.82) is 0 Å².